The molecule has 0 atom stereocenters. The lowest BCUT2D eigenvalue weighted by molar-refractivity contribution is 0.0926. The molecule has 0 unspecified atom stereocenters. The maximum atomic E-state index is 12.0. The number of hydrogen-bond acceptors (Lipinski definition) is 4. The molecule has 1 heterocycles. The zero-order valence-corrected chi connectivity index (χ0v) is 15.9. The number of hydrazone groups is 1. The van der Waals surface area contributed by atoms with Gasteiger partial charge < -0.3 is 9.15 Å². The molecular formula is C20H16Cl2N2O3. The molecule has 2 aromatic carbocycles. The summed E-state index contributed by atoms with van der Waals surface area (Å²) in [7, 11) is 0. The highest BCUT2D eigenvalue weighted by molar-refractivity contribution is 6.31. The molecule has 0 spiro atoms. The molecule has 3 rings (SSSR count). The number of amides is 1. The van der Waals surface area contributed by atoms with E-state index >= 15 is 0 Å². The van der Waals surface area contributed by atoms with Gasteiger partial charge in [-0.2, -0.15) is 5.10 Å². The molecule has 0 saturated carbocycles. The molecule has 5 nitrogen and oxygen atoms in total. The topological polar surface area (TPSA) is 63.8 Å². The average molecular weight is 403 g/mol. The predicted octanol–water partition coefficient (Wildman–Crippen LogP) is 5.24. The van der Waals surface area contributed by atoms with Crippen LogP contribution in [-0.4, -0.2) is 12.1 Å². The lowest BCUT2D eigenvalue weighted by Gasteiger charge is -2.10. The normalized spacial score (nSPS) is 10.9. The molecule has 1 amide bonds. The van der Waals surface area contributed by atoms with E-state index in [1.807, 2.05) is 18.2 Å². The van der Waals surface area contributed by atoms with Gasteiger partial charge in [-0.1, -0.05) is 35.3 Å². The van der Waals surface area contributed by atoms with Crippen molar-refractivity contribution in [2.24, 2.45) is 5.10 Å². The van der Waals surface area contributed by atoms with Crippen molar-refractivity contribution in [2.75, 3.05) is 0 Å². The molecule has 0 aliphatic heterocycles. The van der Waals surface area contributed by atoms with Gasteiger partial charge in [0.25, 0.3) is 0 Å². The molecular weight excluding hydrogens is 387 g/mol. The third-order valence-corrected chi connectivity index (χ3v) is 4.06. The second-order valence-corrected chi connectivity index (χ2v) is 6.58. The summed E-state index contributed by atoms with van der Waals surface area (Å²) in [4.78, 5) is 12.0. The van der Waals surface area contributed by atoms with Crippen molar-refractivity contribution in [1.82, 2.24) is 5.43 Å². The van der Waals surface area contributed by atoms with Crippen molar-refractivity contribution in [2.45, 2.75) is 13.5 Å². The van der Waals surface area contributed by atoms with Gasteiger partial charge in [0.2, 0.25) is 0 Å². The zero-order valence-electron chi connectivity index (χ0n) is 14.4. The Balaban J connectivity index is 1.69. The van der Waals surface area contributed by atoms with Crippen LogP contribution in [0.3, 0.4) is 0 Å². The lowest BCUT2D eigenvalue weighted by atomic mass is 10.2. The number of furan rings is 1. The number of halogens is 2. The molecule has 0 aliphatic rings. The van der Waals surface area contributed by atoms with Crippen LogP contribution in [0.15, 0.2) is 64.1 Å². The van der Waals surface area contributed by atoms with E-state index in [9.17, 15) is 4.79 Å². The number of hydrogen-bond donors (Lipinski definition) is 1. The fourth-order valence-corrected chi connectivity index (χ4v) is 2.71. The van der Waals surface area contributed by atoms with E-state index in [4.69, 9.17) is 32.4 Å². The third-order valence-electron chi connectivity index (χ3n) is 3.59. The summed E-state index contributed by atoms with van der Waals surface area (Å²) in [5, 5.41) is 5.12. The predicted molar refractivity (Wildman–Crippen MR) is 106 cm³/mol. The molecule has 138 valence electrons. The first-order chi connectivity index (χ1) is 13.0. The third kappa shape index (κ3) is 5.36. The maximum absolute atomic E-state index is 12.0. The molecule has 0 bridgehead atoms. The van der Waals surface area contributed by atoms with Gasteiger partial charge in [-0.25, -0.2) is 5.43 Å². The molecule has 0 saturated heterocycles. The SMILES string of the molecule is Cc1ccc(C(=O)N/N=C\c2cc(Cl)ccc2OCc2cccc(Cl)c2)o1. The minimum Gasteiger partial charge on any atom is -0.488 e. The van der Waals surface area contributed by atoms with Crippen LogP contribution >= 0.6 is 23.2 Å². The Morgan fingerprint density at radius 1 is 1.15 bits per heavy atom. The van der Waals surface area contributed by atoms with Crippen LogP contribution < -0.4 is 10.2 Å². The first kappa shape index (κ1) is 19.0. The van der Waals surface area contributed by atoms with Crippen LogP contribution in [0.1, 0.15) is 27.4 Å². The van der Waals surface area contributed by atoms with E-state index in [1.165, 1.54) is 6.21 Å². The highest BCUT2D eigenvalue weighted by Gasteiger charge is 2.09. The summed E-state index contributed by atoms with van der Waals surface area (Å²) in [6.45, 7) is 2.09. The number of rotatable bonds is 6. The Morgan fingerprint density at radius 2 is 1.96 bits per heavy atom. The van der Waals surface area contributed by atoms with Crippen LogP contribution in [0.4, 0.5) is 0 Å². The summed E-state index contributed by atoms with van der Waals surface area (Å²) >= 11 is 12.0. The smallest absolute Gasteiger partial charge is 0.307 e. The van der Waals surface area contributed by atoms with Crippen molar-refractivity contribution in [3.63, 3.8) is 0 Å². The number of nitrogens with one attached hydrogen (secondary N) is 1. The Morgan fingerprint density at radius 3 is 2.70 bits per heavy atom. The first-order valence-corrected chi connectivity index (χ1v) is 8.83. The fourth-order valence-electron chi connectivity index (χ4n) is 2.31. The van der Waals surface area contributed by atoms with Gasteiger partial charge >= 0.3 is 5.91 Å². The van der Waals surface area contributed by atoms with Gasteiger partial charge in [0, 0.05) is 15.6 Å². The van der Waals surface area contributed by atoms with E-state index in [-0.39, 0.29) is 5.76 Å². The van der Waals surface area contributed by atoms with Crippen LogP contribution in [-0.2, 0) is 6.61 Å². The Hall–Kier alpha value is -2.76. The second kappa shape index (κ2) is 8.75. The van der Waals surface area contributed by atoms with E-state index < -0.39 is 5.91 Å². The Kier molecular flexibility index (Phi) is 6.16. The maximum Gasteiger partial charge on any atom is 0.307 e. The molecule has 7 heteroatoms. The van der Waals surface area contributed by atoms with E-state index in [2.05, 4.69) is 10.5 Å². The summed E-state index contributed by atoms with van der Waals surface area (Å²) < 4.78 is 11.1. The second-order valence-electron chi connectivity index (χ2n) is 5.71. The molecule has 0 aliphatic carbocycles. The number of ether oxygens (including phenoxy) is 1. The van der Waals surface area contributed by atoms with E-state index in [0.29, 0.717) is 33.7 Å². The van der Waals surface area contributed by atoms with Crippen molar-refractivity contribution in [3.8, 4) is 5.75 Å². The molecule has 1 N–H and O–H groups in total. The Labute approximate surface area is 166 Å². The van der Waals surface area contributed by atoms with Gasteiger partial charge in [-0.05, 0) is 55.0 Å². The summed E-state index contributed by atoms with van der Waals surface area (Å²) in [6.07, 6.45) is 1.47. The van der Waals surface area contributed by atoms with Gasteiger partial charge in [0.05, 0.1) is 6.21 Å². The van der Waals surface area contributed by atoms with Crippen LogP contribution in [0.25, 0.3) is 0 Å². The molecule has 0 fully saturated rings. The molecule has 27 heavy (non-hydrogen) atoms. The van der Waals surface area contributed by atoms with Crippen molar-refractivity contribution >= 4 is 35.3 Å². The quantitative estimate of drug-likeness (QED) is 0.452. The lowest BCUT2D eigenvalue weighted by Crippen LogP contribution is -2.16. The number of nitrogens with zero attached hydrogens (tertiary/aromatic N) is 1. The molecule has 3 aromatic rings. The number of benzene rings is 2. The van der Waals surface area contributed by atoms with Gasteiger partial charge in [0.1, 0.15) is 18.1 Å². The molecule has 1 aromatic heterocycles. The summed E-state index contributed by atoms with van der Waals surface area (Å²) in [5.74, 6) is 0.970. The zero-order chi connectivity index (χ0) is 19.2. The van der Waals surface area contributed by atoms with Gasteiger partial charge in [-0.3, -0.25) is 4.79 Å². The first-order valence-electron chi connectivity index (χ1n) is 8.08. The fraction of sp³-hybridized carbons (Fsp3) is 0.100. The van der Waals surface area contributed by atoms with Crippen LogP contribution in [0.5, 0.6) is 5.75 Å². The average Bonchev–Trinajstić information content (AvgIpc) is 3.07. The number of carbonyl (C=O) groups is 1. The summed E-state index contributed by atoms with van der Waals surface area (Å²) in [5.41, 5.74) is 3.97. The van der Waals surface area contributed by atoms with Crippen molar-refractivity contribution in [1.29, 1.82) is 0 Å². The number of carbonyl (C=O) groups excluding carboxylic acids is 1. The van der Waals surface area contributed by atoms with E-state index in [0.717, 1.165) is 5.56 Å². The minimum absolute atomic E-state index is 0.188. The summed E-state index contributed by atoms with van der Waals surface area (Å²) in [6, 6.07) is 15.9. The van der Waals surface area contributed by atoms with Crippen molar-refractivity contribution < 1.29 is 13.9 Å². The highest BCUT2D eigenvalue weighted by atomic mass is 35.5. The largest absolute Gasteiger partial charge is 0.488 e. The Bertz CT molecular complexity index is 983. The number of aryl methyl sites for hydroxylation is 1. The van der Waals surface area contributed by atoms with Crippen LogP contribution in [0.2, 0.25) is 10.0 Å². The standard InChI is InChI=1S/C20H16Cl2N2O3/c1-13-5-7-19(27-13)20(25)24-23-11-15-10-17(22)6-8-18(15)26-12-14-3-2-4-16(21)9-14/h2-11H,12H2,1H3,(H,24,25)/b23-11-. The van der Waals surface area contributed by atoms with Crippen LogP contribution in [0, 0.1) is 6.92 Å². The van der Waals surface area contributed by atoms with E-state index in [1.54, 1.807) is 43.3 Å². The van der Waals surface area contributed by atoms with Gasteiger partial charge in [-0.15, -0.1) is 0 Å². The minimum atomic E-state index is -0.442. The van der Waals surface area contributed by atoms with Crippen molar-refractivity contribution in [3.05, 3.63) is 87.3 Å². The monoisotopic (exact) mass is 402 g/mol. The van der Waals surface area contributed by atoms with Gasteiger partial charge in [0.15, 0.2) is 5.76 Å². The highest BCUT2D eigenvalue weighted by Crippen LogP contribution is 2.23. The molecule has 0 radical (unpaired) electrons.